The molecule has 4 heterocycles. The van der Waals surface area contributed by atoms with Crippen LogP contribution in [0.1, 0.15) is 31.2 Å². The van der Waals surface area contributed by atoms with Crippen LogP contribution >= 0.6 is 11.8 Å². The van der Waals surface area contributed by atoms with Crippen LogP contribution < -0.4 is 9.47 Å². The van der Waals surface area contributed by atoms with Crippen molar-refractivity contribution in [3.63, 3.8) is 0 Å². The van der Waals surface area contributed by atoms with Crippen LogP contribution in [0.15, 0.2) is 18.2 Å². The maximum Gasteiger partial charge on any atom is 0.231 e. The molecule has 3 saturated heterocycles. The average molecular weight is 404 g/mol. The number of ether oxygens (including phenoxy) is 2. The van der Waals surface area contributed by atoms with E-state index in [9.17, 15) is 0 Å². The lowest BCUT2D eigenvalue weighted by Gasteiger charge is -2.46. The topological polar surface area (TPSA) is 28.2 Å². The van der Waals surface area contributed by atoms with Gasteiger partial charge in [0.15, 0.2) is 11.5 Å². The fourth-order valence-electron chi connectivity index (χ4n) is 5.25. The van der Waals surface area contributed by atoms with Crippen LogP contribution in [0.2, 0.25) is 0 Å². The van der Waals surface area contributed by atoms with Crippen molar-refractivity contribution >= 4 is 11.8 Å². The molecule has 0 unspecified atom stereocenters. The number of likely N-dealkylation sites (tertiary alicyclic amines) is 1. The second-order valence-electron chi connectivity index (χ2n) is 8.63. The average Bonchev–Trinajstić information content (AvgIpc) is 3.23. The molecule has 0 spiro atoms. The van der Waals surface area contributed by atoms with Gasteiger partial charge >= 0.3 is 0 Å². The third kappa shape index (κ3) is 4.30. The lowest BCUT2D eigenvalue weighted by molar-refractivity contribution is 0.0344. The Morgan fingerprint density at radius 1 is 0.857 bits per heavy atom. The molecule has 154 valence electrons. The third-order valence-corrected chi connectivity index (χ3v) is 7.95. The molecule has 0 N–H and O–H groups in total. The van der Waals surface area contributed by atoms with Crippen LogP contribution in [0, 0.1) is 0 Å². The molecule has 0 radical (unpaired) electrons. The van der Waals surface area contributed by atoms with E-state index in [1.54, 1.807) is 0 Å². The molecule has 3 fully saturated rings. The SMILES string of the molecule is c1cc2c(cc1CN1CCN([C@@H]3CCCN(C4CCSCC4)C3)CC1)OCO2. The van der Waals surface area contributed by atoms with E-state index in [0.717, 1.165) is 30.1 Å². The third-order valence-electron chi connectivity index (χ3n) is 6.90. The molecule has 0 aromatic heterocycles. The molecule has 4 aliphatic rings. The van der Waals surface area contributed by atoms with Gasteiger partial charge in [-0.15, -0.1) is 0 Å². The van der Waals surface area contributed by atoms with Crippen LogP contribution in [-0.4, -0.2) is 84.4 Å². The van der Waals surface area contributed by atoms with Crippen LogP contribution in [0.5, 0.6) is 11.5 Å². The number of benzene rings is 1. The molecule has 0 saturated carbocycles. The minimum atomic E-state index is 0.357. The van der Waals surface area contributed by atoms with Gasteiger partial charge < -0.3 is 9.47 Å². The number of nitrogens with zero attached hydrogens (tertiary/aromatic N) is 3. The fraction of sp³-hybridized carbons (Fsp3) is 0.727. The number of thioether (sulfide) groups is 1. The lowest BCUT2D eigenvalue weighted by atomic mass is 9.99. The highest BCUT2D eigenvalue weighted by Crippen LogP contribution is 2.33. The molecule has 0 bridgehead atoms. The number of piperidine rings is 1. The van der Waals surface area contributed by atoms with Crippen molar-refractivity contribution in [2.45, 2.75) is 44.3 Å². The summed E-state index contributed by atoms with van der Waals surface area (Å²) in [6.07, 6.45) is 5.58. The minimum absolute atomic E-state index is 0.357. The summed E-state index contributed by atoms with van der Waals surface area (Å²) < 4.78 is 11.0. The van der Waals surface area contributed by atoms with Gasteiger partial charge in [-0.3, -0.25) is 14.7 Å². The van der Waals surface area contributed by atoms with Crippen LogP contribution in [-0.2, 0) is 6.54 Å². The highest BCUT2D eigenvalue weighted by Gasteiger charge is 2.31. The highest BCUT2D eigenvalue weighted by molar-refractivity contribution is 7.99. The van der Waals surface area contributed by atoms with E-state index in [4.69, 9.17) is 9.47 Å². The van der Waals surface area contributed by atoms with E-state index in [1.807, 2.05) is 6.07 Å². The van der Waals surface area contributed by atoms with E-state index >= 15 is 0 Å². The standard InChI is InChI=1S/C22H33N3O2S/c1-2-20(16-25(7-1)19-5-12-28-13-6-19)24-10-8-23(9-11-24)15-18-3-4-21-22(14-18)27-17-26-21/h3-4,14,19-20H,1-2,5-13,15-17H2/t20-/m1/s1. The number of fused-ring (bicyclic) bond motifs is 1. The van der Waals surface area contributed by atoms with Gasteiger partial charge in [0.25, 0.3) is 0 Å². The molecule has 1 aromatic rings. The van der Waals surface area contributed by atoms with Crippen LogP contribution in [0.3, 0.4) is 0 Å². The van der Waals surface area contributed by atoms with Gasteiger partial charge in [0.1, 0.15) is 0 Å². The summed E-state index contributed by atoms with van der Waals surface area (Å²) in [5.74, 6) is 4.51. The summed E-state index contributed by atoms with van der Waals surface area (Å²) in [6.45, 7) is 8.77. The molecule has 6 heteroatoms. The summed E-state index contributed by atoms with van der Waals surface area (Å²) >= 11 is 2.14. The van der Waals surface area contributed by atoms with Crippen molar-refractivity contribution in [1.29, 1.82) is 0 Å². The number of hydrogen-bond acceptors (Lipinski definition) is 6. The molecule has 1 aromatic carbocycles. The van der Waals surface area contributed by atoms with E-state index in [1.165, 1.54) is 82.0 Å². The maximum atomic E-state index is 5.53. The highest BCUT2D eigenvalue weighted by atomic mass is 32.2. The van der Waals surface area contributed by atoms with E-state index in [0.29, 0.717) is 6.79 Å². The van der Waals surface area contributed by atoms with Gasteiger partial charge in [0.05, 0.1) is 0 Å². The van der Waals surface area contributed by atoms with Crippen molar-refractivity contribution in [3.05, 3.63) is 23.8 Å². The Labute approximate surface area is 173 Å². The first-order valence-corrected chi connectivity index (χ1v) is 12.2. The van der Waals surface area contributed by atoms with Gasteiger partial charge in [0.2, 0.25) is 6.79 Å². The van der Waals surface area contributed by atoms with E-state index < -0.39 is 0 Å². The van der Waals surface area contributed by atoms with Gasteiger partial charge in [-0.25, -0.2) is 0 Å². The first kappa shape index (κ1) is 19.0. The quantitative estimate of drug-likeness (QED) is 0.768. The summed E-state index contributed by atoms with van der Waals surface area (Å²) in [6, 6.07) is 8.01. The van der Waals surface area contributed by atoms with Gasteiger partial charge in [-0.2, -0.15) is 11.8 Å². The Kier molecular flexibility index (Phi) is 6.00. The predicted octanol–water partition coefficient (Wildman–Crippen LogP) is 2.89. The monoisotopic (exact) mass is 403 g/mol. The second kappa shape index (κ2) is 8.82. The summed E-state index contributed by atoms with van der Waals surface area (Å²) in [5.41, 5.74) is 1.33. The van der Waals surface area contributed by atoms with Crippen LogP contribution in [0.25, 0.3) is 0 Å². The molecule has 4 aliphatic heterocycles. The number of rotatable bonds is 4. The summed E-state index contributed by atoms with van der Waals surface area (Å²) in [4.78, 5) is 8.19. The zero-order valence-electron chi connectivity index (χ0n) is 16.9. The first-order chi connectivity index (χ1) is 13.8. The minimum Gasteiger partial charge on any atom is -0.454 e. The molecular formula is C22H33N3O2S. The van der Waals surface area contributed by atoms with Crippen LogP contribution in [0.4, 0.5) is 0 Å². The van der Waals surface area contributed by atoms with Crippen molar-refractivity contribution in [2.75, 3.05) is 57.6 Å². The normalized spacial score (nSPS) is 27.9. The number of piperazine rings is 1. The van der Waals surface area contributed by atoms with Crippen molar-refractivity contribution in [3.8, 4) is 11.5 Å². The Balaban J connectivity index is 1.11. The first-order valence-electron chi connectivity index (χ1n) is 11.0. The second-order valence-corrected chi connectivity index (χ2v) is 9.86. The molecule has 5 rings (SSSR count). The van der Waals surface area contributed by atoms with Crippen molar-refractivity contribution in [2.24, 2.45) is 0 Å². The number of hydrogen-bond donors (Lipinski definition) is 0. The lowest BCUT2D eigenvalue weighted by Crippen LogP contribution is -2.56. The fourth-order valence-corrected chi connectivity index (χ4v) is 6.33. The predicted molar refractivity (Wildman–Crippen MR) is 114 cm³/mol. The van der Waals surface area contributed by atoms with Gasteiger partial charge in [-0.05, 0) is 61.4 Å². The molecule has 5 nitrogen and oxygen atoms in total. The zero-order valence-corrected chi connectivity index (χ0v) is 17.7. The van der Waals surface area contributed by atoms with Gasteiger partial charge in [-0.1, -0.05) is 6.07 Å². The molecule has 0 aliphatic carbocycles. The Bertz CT molecular complexity index is 659. The molecular weight excluding hydrogens is 370 g/mol. The maximum absolute atomic E-state index is 5.53. The zero-order chi connectivity index (χ0) is 18.8. The van der Waals surface area contributed by atoms with Crippen molar-refractivity contribution in [1.82, 2.24) is 14.7 Å². The summed E-state index contributed by atoms with van der Waals surface area (Å²) in [7, 11) is 0. The smallest absolute Gasteiger partial charge is 0.231 e. The molecule has 28 heavy (non-hydrogen) atoms. The van der Waals surface area contributed by atoms with E-state index in [-0.39, 0.29) is 0 Å². The Morgan fingerprint density at radius 3 is 2.54 bits per heavy atom. The molecule has 1 atom stereocenters. The molecule has 0 amide bonds. The summed E-state index contributed by atoms with van der Waals surface area (Å²) in [5, 5.41) is 0. The Hall–Kier alpha value is -0.950. The van der Waals surface area contributed by atoms with Gasteiger partial charge in [0, 0.05) is 51.4 Å². The van der Waals surface area contributed by atoms with Crippen molar-refractivity contribution < 1.29 is 9.47 Å². The Morgan fingerprint density at radius 2 is 1.68 bits per heavy atom. The largest absolute Gasteiger partial charge is 0.454 e. The van der Waals surface area contributed by atoms with E-state index in [2.05, 4.69) is 38.6 Å².